The normalized spacial score (nSPS) is 10.5. The van der Waals surface area contributed by atoms with Gasteiger partial charge in [0.1, 0.15) is 5.82 Å². The molecule has 1 heterocycles. The zero-order valence-electron chi connectivity index (χ0n) is 9.82. The molecule has 0 atom stereocenters. The average molecular weight is 256 g/mol. The van der Waals surface area contributed by atoms with Crippen LogP contribution in [-0.2, 0) is 4.79 Å². The minimum absolute atomic E-state index is 0.0150. The Morgan fingerprint density at radius 1 is 1.65 bits per heavy atom. The van der Waals surface area contributed by atoms with Crippen molar-refractivity contribution in [1.82, 2.24) is 15.3 Å². The zero-order chi connectivity index (χ0) is 12.8. The van der Waals surface area contributed by atoms with E-state index in [1.54, 1.807) is 0 Å². The molecule has 0 aliphatic carbocycles. The van der Waals surface area contributed by atoms with Crippen molar-refractivity contribution in [2.45, 2.75) is 31.5 Å². The molecular formula is C10H16N4O2S. The number of nitrogens with zero attached hydrogens (tertiary/aromatic N) is 1. The maximum absolute atomic E-state index is 11.3. The SMILES string of the molecule is CC(C)NC(=O)CCSc1nc(N)cc(=O)[nH]1. The van der Waals surface area contributed by atoms with Gasteiger partial charge >= 0.3 is 0 Å². The Bertz CT molecular complexity index is 444. The van der Waals surface area contributed by atoms with E-state index in [1.165, 1.54) is 17.8 Å². The smallest absolute Gasteiger partial charge is 0.253 e. The van der Waals surface area contributed by atoms with Crippen LogP contribution in [0, 0.1) is 0 Å². The predicted molar refractivity (Wildman–Crippen MR) is 67.9 cm³/mol. The van der Waals surface area contributed by atoms with E-state index in [0.29, 0.717) is 17.3 Å². The van der Waals surface area contributed by atoms with Gasteiger partial charge in [0.05, 0.1) is 0 Å². The van der Waals surface area contributed by atoms with Gasteiger partial charge in [-0.3, -0.25) is 9.59 Å². The number of rotatable bonds is 5. The van der Waals surface area contributed by atoms with Gasteiger partial charge in [-0.2, -0.15) is 0 Å². The summed E-state index contributed by atoms with van der Waals surface area (Å²) in [5, 5.41) is 3.22. The standard InChI is InChI=1S/C10H16N4O2S/c1-6(2)12-8(15)3-4-17-10-13-7(11)5-9(16)14-10/h5-6H,3-4H2,1-2H3,(H,12,15)(H3,11,13,14,16). The van der Waals surface area contributed by atoms with Crippen molar-refractivity contribution in [1.29, 1.82) is 0 Å². The van der Waals surface area contributed by atoms with E-state index in [9.17, 15) is 9.59 Å². The minimum Gasteiger partial charge on any atom is -0.383 e. The highest BCUT2D eigenvalue weighted by Gasteiger charge is 2.05. The summed E-state index contributed by atoms with van der Waals surface area (Å²) in [5.74, 6) is 0.715. The third-order valence-corrected chi connectivity index (χ3v) is 2.63. The third-order valence-electron chi connectivity index (χ3n) is 1.76. The Kier molecular flexibility index (Phi) is 5.02. The van der Waals surface area contributed by atoms with Gasteiger partial charge in [-0.05, 0) is 13.8 Å². The quantitative estimate of drug-likeness (QED) is 0.521. The topological polar surface area (TPSA) is 101 Å². The van der Waals surface area contributed by atoms with Crippen molar-refractivity contribution in [3.05, 3.63) is 16.4 Å². The van der Waals surface area contributed by atoms with E-state index >= 15 is 0 Å². The number of aromatic amines is 1. The number of anilines is 1. The molecule has 1 amide bonds. The molecule has 94 valence electrons. The monoisotopic (exact) mass is 256 g/mol. The van der Waals surface area contributed by atoms with Crippen LogP contribution in [0.15, 0.2) is 16.0 Å². The molecule has 0 aromatic carbocycles. The molecule has 7 heteroatoms. The second-order valence-electron chi connectivity index (χ2n) is 3.80. The largest absolute Gasteiger partial charge is 0.383 e. The van der Waals surface area contributed by atoms with Gasteiger partial charge in [-0.1, -0.05) is 11.8 Å². The summed E-state index contributed by atoms with van der Waals surface area (Å²) in [7, 11) is 0. The first-order valence-electron chi connectivity index (χ1n) is 5.26. The number of hydrogen-bond donors (Lipinski definition) is 3. The lowest BCUT2D eigenvalue weighted by molar-refractivity contribution is -0.121. The van der Waals surface area contributed by atoms with Crippen molar-refractivity contribution in [3.8, 4) is 0 Å². The molecule has 0 aliphatic rings. The van der Waals surface area contributed by atoms with Gasteiger partial charge in [0, 0.05) is 24.3 Å². The van der Waals surface area contributed by atoms with Crippen LogP contribution in [0.25, 0.3) is 0 Å². The van der Waals surface area contributed by atoms with E-state index in [1.807, 2.05) is 13.8 Å². The number of nitrogen functional groups attached to an aromatic ring is 1. The van der Waals surface area contributed by atoms with E-state index in [-0.39, 0.29) is 23.3 Å². The lowest BCUT2D eigenvalue weighted by Crippen LogP contribution is -2.30. The van der Waals surface area contributed by atoms with Crippen molar-refractivity contribution in [3.63, 3.8) is 0 Å². The molecule has 17 heavy (non-hydrogen) atoms. The van der Waals surface area contributed by atoms with Crippen molar-refractivity contribution >= 4 is 23.5 Å². The molecule has 0 spiro atoms. The summed E-state index contributed by atoms with van der Waals surface area (Å²) in [6, 6.07) is 1.35. The molecule has 0 aliphatic heterocycles. The molecule has 0 unspecified atom stereocenters. The summed E-state index contributed by atoms with van der Waals surface area (Å²) in [6.07, 6.45) is 0.376. The van der Waals surface area contributed by atoms with Crippen LogP contribution in [0.2, 0.25) is 0 Å². The average Bonchev–Trinajstić information content (AvgIpc) is 2.14. The van der Waals surface area contributed by atoms with E-state index in [0.717, 1.165) is 0 Å². The fourth-order valence-electron chi connectivity index (χ4n) is 1.16. The molecule has 0 saturated heterocycles. The second-order valence-corrected chi connectivity index (χ2v) is 4.88. The number of nitrogens with one attached hydrogen (secondary N) is 2. The minimum atomic E-state index is -0.286. The second kappa shape index (κ2) is 6.29. The van der Waals surface area contributed by atoms with E-state index < -0.39 is 0 Å². The third kappa shape index (κ3) is 5.39. The Morgan fingerprint density at radius 2 is 2.35 bits per heavy atom. The summed E-state index contributed by atoms with van der Waals surface area (Å²) >= 11 is 1.30. The molecule has 0 radical (unpaired) electrons. The Labute approximate surface area is 103 Å². The molecule has 4 N–H and O–H groups in total. The van der Waals surface area contributed by atoms with Crippen LogP contribution in [0.1, 0.15) is 20.3 Å². The molecule has 0 fully saturated rings. The number of amides is 1. The predicted octanol–water partition coefficient (Wildman–Crippen LogP) is 0.359. The number of thioether (sulfide) groups is 1. The van der Waals surface area contributed by atoms with Crippen LogP contribution in [0.5, 0.6) is 0 Å². The van der Waals surface area contributed by atoms with Crippen molar-refractivity contribution in [2.24, 2.45) is 0 Å². The Balaban J connectivity index is 2.40. The lowest BCUT2D eigenvalue weighted by atomic mass is 10.3. The van der Waals surface area contributed by atoms with Gasteiger partial charge in [-0.15, -0.1) is 0 Å². The summed E-state index contributed by atoms with van der Waals surface area (Å²) < 4.78 is 0. The molecule has 6 nitrogen and oxygen atoms in total. The van der Waals surface area contributed by atoms with Gasteiger partial charge in [0.25, 0.3) is 5.56 Å². The molecule has 1 aromatic heterocycles. The first kappa shape index (κ1) is 13.6. The highest BCUT2D eigenvalue weighted by atomic mass is 32.2. The number of nitrogens with two attached hydrogens (primary N) is 1. The number of hydrogen-bond acceptors (Lipinski definition) is 5. The van der Waals surface area contributed by atoms with Gasteiger partial charge in [0.15, 0.2) is 5.16 Å². The van der Waals surface area contributed by atoms with Crippen LogP contribution in [0.3, 0.4) is 0 Å². The van der Waals surface area contributed by atoms with Gasteiger partial charge < -0.3 is 16.0 Å². The van der Waals surface area contributed by atoms with Crippen LogP contribution in [-0.4, -0.2) is 27.7 Å². The number of carbonyl (C=O) groups is 1. The first-order chi connectivity index (χ1) is 7.97. The Hall–Kier alpha value is -1.50. The van der Waals surface area contributed by atoms with E-state index in [4.69, 9.17) is 5.73 Å². The van der Waals surface area contributed by atoms with Crippen LogP contribution in [0.4, 0.5) is 5.82 Å². The fraction of sp³-hybridized carbons (Fsp3) is 0.500. The molecule has 0 bridgehead atoms. The zero-order valence-corrected chi connectivity index (χ0v) is 10.6. The molecule has 1 rings (SSSR count). The lowest BCUT2D eigenvalue weighted by Gasteiger charge is -2.07. The fourth-order valence-corrected chi connectivity index (χ4v) is 1.98. The van der Waals surface area contributed by atoms with Crippen LogP contribution < -0.4 is 16.6 Å². The number of H-pyrrole nitrogens is 1. The van der Waals surface area contributed by atoms with Crippen LogP contribution >= 0.6 is 11.8 Å². The maximum atomic E-state index is 11.3. The summed E-state index contributed by atoms with van der Waals surface area (Å²) in [6.45, 7) is 3.81. The molecular weight excluding hydrogens is 240 g/mol. The van der Waals surface area contributed by atoms with E-state index in [2.05, 4.69) is 15.3 Å². The summed E-state index contributed by atoms with van der Waals surface area (Å²) in [5.41, 5.74) is 5.15. The maximum Gasteiger partial charge on any atom is 0.253 e. The van der Waals surface area contributed by atoms with Crippen molar-refractivity contribution in [2.75, 3.05) is 11.5 Å². The number of aromatic nitrogens is 2. The van der Waals surface area contributed by atoms with Gasteiger partial charge in [-0.25, -0.2) is 4.98 Å². The number of carbonyl (C=O) groups excluding carboxylic acids is 1. The van der Waals surface area contributed by atoms with Gasteiger partial charge in [0.2, 0.25) is 5.91 Å². The highest BCUT2D eigenvalue weighted by Crippen LogP contribution is 2.12. The molecule has 0 saturated carbocycles. The highest BCUT2D eigenvalue weighted by molar-refractivity contribution is 7.99. The summed E-state index contributed by atoms with van der Waals surface area (Å²) in [4.78, 5) is 28.9. The Morgan fingerprint density at radius 3 is 2.94 bits per heavy atom. The molecule has 1 aromatic rings. The van der Waals surface area contributed by atoms with Crippen molar-refractivity contribution < 1.29 is 4.79 Å². The first-order valence-corrected chi connectivity index (χ1v) is 6.25.